The molecular formula is C34H49BN2P2S3. The average Bonchev–Trinajstić information content (AvgIpc) is 3.78. The molecule has 0 spiro atoms. The molecule has 0 aliphatic heterocycles. The molecular weight excluding hydrogens is 605 g/mol. The van der Waals surface area contributed by atoms with Crippen molar-refractivity contribution in [2.24, 2.45) is 11.8 Å². The Bertz CT molecular complexity index is 1530. The van der Waals surface area contributed by atoms with Crippen LogP contribution in [-0.4, -0.2) is 23.9 Å². The Labute approximate surface area is 277 Å². The van der Waals surface area contributed by atoms with Crippen LogP contribution in [-0.2, 0) is 5.41 Å². The minimum absolute atomic E-state index is 0.136. The monoisotopic (exact) mass is 659 g/mol. The minimum Gasteiger partial charge on any atom is -0.173 e. The molecule has 4 unspecified atom stereocenters. The number of fused-ring (bicyclic) bond motifs is 4. The van der Waals surface area contributed by atoms with Crippen LogP contribution in [0, 0.1) is 25.7 Å². The molecule has 1 aliphatic rings. The van der Waals surface area contributed by atoms with Gasteiger partial charge in [0.05, 0.1) is 20.9 Å². The second kappa shape index (κ2) is 16.1. The van der Waals surface area contributed by atoms with E-state index in [-0.39, 0.29) is 5.41 Å². The first-order chi connectivity index (χ1) is 21.4. The highest BCUT2D eigenvalue weighted by atomic mass is 32.1. The Hall–Kier alpha value is -0.635. The van der Waals surface area contributed by atoms with Crippen molar-refractivity contribution in [3.05, 3.63) is 45.8 Å². The van der Waals surface area contributed by atoms with E-state index in [2.05, 4.69) is 70.2 Å². The fourth-order valence-electron chi connectivity index (χ4n) is 6.82. The summed E-state index contributed by atoms with van der Waals surface area (Å²) in [4.78, 5) is 5.94. The highest BCUT2D eigenvalue weighted by molar-refractivity contribution is 8.03. The van der Waals surface area contributed by atoms with Gasteiger partial charge in [-0.25, -0.2) is 0 Å². The summed E-state index contributed by atoms with van der Waals surface area (Å²) in [6.45, 7) is 14.0. The SMILES string of the molecule is CCCCC(CC)CC1(CC(CC)CCCC)c2cc(C)sc2-c2sc(-c3ccc(C)c4nsnc34)cc21.[2H]P(P)C([3H])([3H])[B]. The van der Waals surface area contributed by atoms with Crippen LogP contribution in [0.3, 0.4) is 0 Å². The molecule has 2 nitrogen and oxygen atoms in total. The van der Waals surface area contributed by atoms with Crippen LogP contribution in [0.1, 0.15) is 116 Å². The van der Waals surface area contributed by atoms with Crippen molar-refractivity contribution >= 4 is 70.4 Å². The third kappa shape index (κ3) is 7.26. The summed E-state index contributed by atoms with van der Waals surface area (Å²) < 4.78 is 29.4. The molecule has 4 atom stereocenters. The van der Waals surface area contributed by atoms with Crippen molar-refractivity contribution < 1.29 is 2.74 Å². The third-order valence-corrected chi connectivity index (χ3v) is 12.7. The number of benzene rings is 1. The maximum Gasteiger partial charge on any atom is 0.113 e. The number of nitrogens with zero attached hydrogens (tertiary/aromatic N) is 2. The third-order valence-electron chi connectivity index (χ3n) is 9.14. The average molecular weight is 660 g/mol. The van der Waals surface area contributed by atoms with Crippen LogP contribution in [0.15, 0.2) is 24.3 Å². The van der Waals surface area contributed by atoms with Gasteiger partial charge < -0.3 is 0 Å². The Kier molecular flexibility index (Phi) is 11.5. The summed E-state index contributed by atoms with van der Waals surface area (Å²) in [5, 5.41) is 0. The Morgan fingerprint density at radius 2 is 1.52 bits per heavy atom. The van der Waals surface area contributed by atoms with E-state index < -0.39 is 14.2 Å². The molecule has 2 radical (unpaired) electrons. The lowest BCUT2D eigenvalue weighted by Gasteiger charge is -2.37. The maximum atomic E-state index is 6.76. The number of unbranched alkanes of at least 4 members (excludes halogenated alkanes) is 2. The van der Waals surface area contributed by atoms with Crippen molar-refractivity contribution in [3.63, 3.8) is 0 Å². The van der Waals surface area contributed by atoms with Gasteiger partial charge in [-0.15, -0.1) is 39.8 Å². The van der Waals surface area contributed by atoms with Gasteiger partial charge in [0.1, 0.15) is 11.0 Å². The fraction of sp³-hybridized carbons (Fsp3) is 0.588. The van der Waals surface area contributed by atoms with E-state index in [0.717, 1.165) is 22.9 Å². The normalized spacial score (nSPS) is 19.3. The first-order valence-electron chi connectivity index (χ1n) is 17.1. The molecule has 0 bridgehead atoms. The van der Waals surface area contributed by atoms with E-state index in [0.29, 0.717) is 0 Å². The molecule has 3 aromatic heterocycles. The zero-order valence-electron chi connectivity index (χ0n) is 29.3. The van der Waals surface area contributed by atoms with E-state index in [9.17, 15) is 0 Å². The molecule has 226 valence electrons. The second-order valence-electron chi connectivity index (χ2n) is 11.9. The number of aryl methyl sites for hydroxylation is 2. The summed E-state index contributed by atoms with van der Waals surface area (Å²) >= 11 is 5.38. The second-order valence-corrected chi connectivity index (χ2v) is 16.1. The number of thiophene rings is 2. The van der Waals surface area contributed by atoms with Crippen LogP contribution >= 0.6 is 51.5 Å². The predicted molar refractivity (Wildman–Crippen MR) is 199 cm³/mol. The van der Waals surface area contributed by atoms with Gasteiger partial charge in [0.25, 0.3) is 0 Å². The van der Waals surface area contributed by atoms with Gasteiger partial charge in [0, 0.05) is 33.2 Å². The van der Waals surface area contributed by atoms with Gasteiger partial charge in [-0.1, -0.05) is 97.2 Å². The van der Waals surface area contributed by atoms with Gasteiger partial charge in [0.2, 0.25) is 0 Å². The predicted octanol–water partition coefficient (Wildman–Crippen LogP) is 12.2. The van der Waals surface area contributed by atoms with Crippen molar-refractivity contribution in [1.29, 1.82) is 1.28 Å². The van der Waals surface area contributed by atoms with Crippen molar-refractivity contribution in [3.8, 4) is 20.2 Å². The van der Waals surface area contributed by atoms with E-state index in [1.807, 2.05) is 31.6 Å². The minimum atomic E-state index is -1.81. The summed E-state index contributed by atoms with van der Waals surface area (Å²) in [7, 11) is 5.40. The number of aromatic nitrogens is 2. The van der Waals surface area contributed by atoms with E-state index in [1.165, 1.54) is 96.8 Å². The molecule has 0 N–H and O–H groups in total. The first kappa shape index (κ1) is 30.0. The first-order valence-corrected chi connectivity index (χ1v) is 20.6. The van der Waals surface area contributed by atoms with Gasteiger partial charge in [0.15, 0.2) is 0 Å². The van der Waals surface area contributed by atoms with Crippen LogP contribution in [0.25, 0.3) is 31.2 Å². The topological polar surface area (TPSA) is 25.8 Å². The summed E-state index contributed by atoms with van der Waals surface area (Å²) in [5.41, 5.74) is 8.04. The number of rotatable bonds is 14. The summed E-state index contributed by atoms with van der Waals surface area (Å²) in [5.74, 6) is 1.55. The van der Waals surface area contributed by atoms with Crippen molar-refractivity contribution in [2.45, 2.75) is 111 Å². The molecule has 42 heavy (non-hydrogen) atoms. The Morgan fingerprint density at radius 1 is 0.952 bits per heavy atom. The summed E-state index contributed by atoms with van der Waals surface area (Å²) in [6, 6.07) is 7.87. The lowest BCUT2D eigenvalue weighted by Crippen LogP contribution is -2.31. The van der Waals surface area contributed by atoms with Crippen LogP contribution in [0.5, 0.6) is 0 Å². The largest absolute Gasteiger partial charge is 0.173 e. The molecule has 3 heterocycles. The van der Waals surface area contributed by atoms with Crippen LogP contribution in [0.4, 0.5) is 0 Å². The molecule has 0 fully saturated rings. The smallest absolute Gasteiger partial charge is 0.113 e. The Balaban J connectivity index is 0.000000591. The van der Waals surface area contributed by atoms with E-state index in [1.54, 1.807) is 20.9 Å². The Morgan fingerprint density at radius 3 is 2.10 bits per heavy atom. The standard InChI is InChI=1S/C33H44N2S3.CH5BP2/c1-7-11-13-23(9-3)19-33(20-24(10-4)14-12-8-2)26-17-22(6)36-31(26)32-27(33)18-28(37-32)25-16-15-21(5)29-30(25)35-38-34-29;2-1-4-3/h15-18,23-24H,7-14,19-20H2,1-6H3;4H,1,3H2/i;1T2,4D. The highest BCUT2D eigenvalue weighted by Crippen LogP contribution is 2.62. The molecule has 0 saturated heterocycles. The van der Waals surface area contributed by atoms with Crippen LogP contribution < -0.4 is 0 Å². The number of hydrogen-bond donors (Lipinski definition) is 0. The van der Waals surface area contributed by atoms with Gasteiger partial charge in [-0.05, 0) is 67.3 Å². The lowest BCUT2D eigenvalue weighted by molar-refractivity contribution is 0.266. The van der Waals surface area contributed by atoms with Crippen molar-refractivity contribution in [2.75, 3.05) is 6.01 Å². The van der Waals surface area contributed by atoms with Crippen molar-refractivity contribution in [1.82, 2.24) is 8.75 Å². The molecule has 1 aliphatic carbocycles. The van der Waals surface area contributed by atoms with E-state index >= 15 is 0 Å². The quantitative estimate of drug-likeness (QED) is 0.0994. The molecule has 0 amide bonds. The van der Waals surface area contributed by atoms with Gasteiger partial charge in [-0.3, -0.25) is 0 Å². The number of hydrogen-bond acceptors (Lipinski definition) is 5. The fourth-order valence-corrected chi connectivity index (χ4v) is 9.99. The zero-order valence-corrected chi connectivity index (χ0v) is 30.8. The summed E-state index contributed by atoms with van der Waals surface area (Å²) in [6.07, 6.45) is 13.1. The molecule has 8 heteroatoms. The molecule has 0 saturated carbocycles. The zero-order chi connectivity index (χ0) is 32.9. The lowest BCUT2D eigenvalue weighted by atomic mass is 9.65. The van der Waals surface area contributed by atoms with Gasteiger partial charge >= 0.3 is 0 Å². The van der Waals surface area contributed by atoms with Gasteiger partial charge in [-0.2, -0.15) is 8.75 Å². The molecule has 4 aromatic rings. The van der Waals surface area contributed by atoms with E-state index in [4.69, 9.17) is 16.2 Å². The highest BCUT2D eigenvalue weighted by Gasteiger charge is 2.47. The molecule has 5 rings (SSSR count). The molecule has 1 aromatic carbocycles. The van der Waals surface area contributed by atoms with Crippen LogP contribution in [0.2, 0.25) is 0 Å². The maximum absolute atomic E-state index is 6.76.